The predicted octanol–water partition coefficient (Wildman–Crippen LogP) is 7.71. The van der Waals surface area contributed by atoms with Crippen LogP contribution in [0.4, 0.5) is 0 Å². The third kappa shape index (κ3) is 6.71. The lowest BCUT2D eigenvalue weighted by atomic mass is 9.66. The first kappa shape index (κ1) is 34.0. The van der Waals surface area contributed by atoms with Crippen LogP contribution in [0.5, 0.6) is 28.7 Å². The van der Waals surface area contributed by atoms with Crippen molar-refractivity contribution in [3.05, 3.63) is 101 Å². The molecule has 2 aromatic carbocycles. The number of hydrogen-bond donors (Lipinski definition) is 0. The van der Waals surface area contributed by atoms with Crippen LogP contribution in [0, 0.1) is 17.3 Å². The van der Waals surface area contributed by atoms with Crippen LogP contribution in [-0.4, -0.2) is 46.7 Å². The first-order valence-corrected chi connectivity index (χ1v) is 16.7. The van der Waals surface area contributed by atoms with Crippen molar-refractivity contribution in [2.45, 2.75) is 52.1 Å². The number of hydrogen-bond acceptors (Lipinski definition) is 9. The molecule has 2 heterocycles. The summed E-state index contributed by atoms with van der Waals surface area (Å²) in [4.78, 5) is 26.6. The fourth-order valence-corrected chi connectivity index (χ4v) is 7.66. The summed E-state index contributed by atoms with van der Waals surface area (Å²) >= 11 is 0. The van der Waals surface area contributed by atoms with Crippen molar-refractivity contribution in [1.82, 2.24) is 0 Å². The zero-order valence-corrected chi connectivity index (χ0v) is 28.9. The Labute approximate surface area is 287 Å². The molecule has 0 unspecified atom stereocenters. The third-order valence-corrected chi connectivity index (χ3v) is 10.0. The number of methoxy groups -OCH3 is 3. The molecular weight excluding hydrogens is 624 g/mol. The van der Waals surface area contributed by atoms with E-state index in [0.717, 1.165) is 23.1 Å². The van der Waals surface area contributed by atoms with Crippen LogP contribution in [0.15, 0.2) is 84.0 Å². The molecule has 9 nitrogen and oxygen atoms in total. The smallest absolute Gasteiger partial charge is 0.331 e. The van der Waals surface area contributed by atoms with E-state index in [4.69, 9.17) is 33.2 Å². The molecule has 4 aliphatic rings. The molecule has 2 aromatic rings. The Kier molecular flexibility index (Phi) is 9.90. The van der Waals surface area contributed by atoms with Gasteiger partial charge in [-0.2, -0.15) is 0 Å². The number of cyclic esters (lactones) is 1. The Hall–Kier alpha value is -4.92. The Balaban J connectivity index is 1.24. The van der Waals surface area contributed by atoms with Crippen LogP contribution in [-0.2, 0) is 19.1 Å². The van der Waals surface area contributed by atoms with Gasteiger partial charge >= 0.3 is 11.9 Å². The van der Waals surface area contributed by atoms with Crippen LogP contribution >= 0.6 is 0 Å². The molecule has 0 N–H and O–H groups in total. The van der Waals surface area contributed by atoms with Crippen LogP contribution < -0.4 is 23.7 Å². The maximum Gasteiger partial charge on any atom is 0.331 e. The van der Waals surface area contributed by atoms with E-state index in [1.807, 2.05) is 42.5 Å². The number of ether oxygens (including phenoxy) is 7. The van der Waals surface area contributed by atoms with E-state index in [-0.39, 0.29) is 24.8 Å². The lowest BCUT2D eigenvalue weighted by molar-refractivity contribution is -0.148. The van der Waals surface area contributed by atoms with E-state index in [9.17, 15) is 9.59 Å². The second-order valence-electron chi connectivity index (χ2n) is 13.4. The summed E-state index contributed by atoms with van der Waals surface area (Å²) in [5.74, 6) is -0.0127. The summed E-state index contributed by atoms with van der Waals surface area (Å²) in [7, 11) is 4.63. The molecule has 0 amide bonds. The Morgan fingerprint density at radius 1 is 0.857 bits per heavy atom. The summed E-state index contributed by atoms with van der Waals surface area (Å²) in [6, 6.07) is 7.38. The van der Waals surface area contributed by atoms with Gasteiger partial charge in [0.05, 0.1) is 33.9 Å². The number of rotatable bonds is 10. The van der Waals surface area contributed by atoms with Gasteiger partial charge in [0.25, 0.3) is 0 Å². The van der Waals surface area contributed by atoms with Crippen LogP contribution in [0.2, 0.25) is 0 Å². The van der Waals surface area contributed by atoms with Crippen molar-refractivity contribution in [2.75, 3.05) is 34.7 Å². The summed E-state index contributed by atoms with van der Waals surface area (Å²) < 4.78 is 40.0. The zero-order valence-electron chi connectivity index (χ0n) is 28.9. The Bertz CT molecular complexity index is 1730. The van der Waals surface area contributed by atoms with Gasteiger partial charge in [-0.1, -0.05) is 62.0 Å². The largest absolute Gasteiger partial charge is 0.493 e. The average Bonchev–Trinajstić information content (AvgIpc) is 3.71. The predicted molar refractivity (Wildman–Crippen MR) is 184 cm³/mol. The van der Waals surface area contributed by atoms with Crippen molar-refractivity contribution < 1.29 is 42.7 Å². The van der Waals surface area contributed by atoms with Gasteiger partial charge in [0, 0.05) is 23.5 Å². The van der Waals surface area contributed by atoms with E-state index < -0.39 is 29.8 Å². The van der Waals surface area contributed by atoms with Crippen molar-refractivity contribution in [3.63, 3.8) is 0 Å². The molecule has 49 heavy (non-hydrogen) atoms. The maximum atomic E-state index is 13.4. The minimum atomic E-state index is -0.757. The van der Waals surface area contributed by atoms with E-state index in [1.165, 1.54) is 37.2 Å². The summed E-state index contributed by atoms with van der Waals surface area (Å²) in [5, 5.41) is 0. The highest BCUT2D eigenvalue weighted by Gasteiger charge is 2.54. The molecule has 0 bridgehead atoms. The monoisotopic (exact) mass is 668 g/mol. The Morgan fingerprint density at radius 2 is 1.51 bits per heavy atom. The third-order valence-electron chi connectivity index (χ3n) is 10.0. The number of carbonyl (C=O) groups excluding carboxylic acids is 2. The fourth-order valence-electron chi connectivity index (χ4n) is 7.66. The molecule has 1 saturated heterocycles. The van der Waals surface area contributed by atoms with Gasteiger partial charge in [0.2, 0.25) is 12.5 Å². The highest BCUT2D eigenvalue weighted by atomic mass is 16.7. The Morgan fingerprint density at radius 3 is 2.16 bits per heavy atom. The zero-order chi connectivity index (χ0) is 34.7. The maximum absolute atomic E-state index is 13.4. The lowest BCUT2D eigenvalue weighted by Gasteiger charge is -2.38. The second-order valence-corrected chi connectivity index (χ2v) is 13.4. The first-order valence-electron chi connectivity index (χ1n) is 16.7. The van der Waals surface area contributed by atoms with Gasteiger partial charge in [0.1, 0.15) is 6.10 Å². The van der Waals surface area contributed by atoms with Gasteiger partial charge in [-0.25, -0.2) is 4.79 Å². The first-order chi connectivity index (χ1) is 23.7. The molecule has 2 aliphatic carbocycles. The summed E-state index contributed by atoms with van der Waals surface area (Å²) in [6.07, 6.45) is 17.7. The van der Waals surface area contributed by atoms with Crippen molar-refractivity contribution >= 4 is 11.9 Å². The van der Waals surface area contributed by atoms with Crippen LogP contribution in [0.3, 0.4) is 0 Å². The van der Waals surface area contributed by atoms with Crippen LogP contribution in [0.25, 0.3) is 0 Å². The minimum Gasteiger partial charge on any atom is -0.493 e. The van der Waals surface area contributed by atoms with Gasteiger partial charge in [-0.3, -0.25) is 4.79 Å². The van der Waals surface area contributed by atoms with Gasteiger partial charge in [-0.15, -0.1) is 0 Å². The SMILES string of the molecule is COc1cc([C@@H]2c3cc4c(cc3[C@H](OC(=O)/C=C/C=C/C=C/C=C/C3=C(C)CCCC3(C)C)[C@H]3COC(=O)[C@H]23)OCO4)cc(OC)c1OC. The van der Waals surface area contributed by atoms with E-state index >= 15 is 0 Å². The minimum absolute atomic E-state index is 0.0707. The average molecular weight is 669 g/mol. The van der Waals surface area contributed by atoms with Crippen molar-refractivity contribution in [2.24, 2.45) is 17.3 Å². The number of carbonyl (C=O) groups is 2. The lowest BCUT2D eigenvalue weighted by Crippen LogP contribution is -2.36. The van der Waals surface area contributed by atoms with Gasteiger partial charge in [0.15, 0.2) is 23.0 Å². The van der Waals surface area contributed by atoms with Gasteiger partial charge in [-0.05, 0) is 72.6 Å². The quantitative estimate of drug-likeness (QED) is 0.143. The molecule has 0 spiro atoms. The molecule has 0 aromatic heterocycles. The van der Waals surface area contributed by atoms with E-state index in [1.54, 1.807) is 26.4 Å². The fraction of sp³-hybridized carbons (Fsp3) is 0.400. The number of fused-ring (bicyclic) bond motifs is 3. The van der Waals surface area contributed by atoms with Crippen LogP contribution in [0.1, 0.15) is 68.7 Å². The molecule has 258 valence electrons. The normalized spacial score (nSPS) is 24.1. The highest BCUT2D eigenvalue weighted by Crippen LogP contribution is 2.56. The second kappa shape index (κ2) is 14.3. The molecule has 4 atom stereocenters. The molecule has 1 fully saturated rings. The van der Waals surface area contributed by atoms with E-state index in [0.29, 0.717) is 28.7 Å². The summed E-state index contributed by atoms with van der Waals surface area (Å²) in [5.41, 5.74) is 5.31. The van der Waals surface area contributed by atoms with E-state index in [2.05, 4.69) is 32.9 Å². The number of benzene rings is 2. The highest BCUT2D eigenvalue weighted by molar-refractivity contribution is 5.83. The molecule has 2 aliphatic heterocycles. The molecule has 0 radical (unpaired) electrons. The summed E-state index contributed by atoms with van der Waals surface area (Å²) in [6.45, 7) is 7.00. The topological polar surface area (TPSA) is 98.8 Å². The van der Waals surface area contributed by atoms with Gasteiger partial charge < -0.3 is 33.2 Å². The molecule has 0 saturated carbocycles. The van der Waals surface area contributed by atoms with Crippen molar-refractivity contribution in [3.8, 4) is 28.7 Å². The molecule has 6 rings (SSSR count). The number of allylic oxidation sites excluding steroid dienone is 9. The van der Waals surface area contributed by atoms with Crippen molar-refractivity contribution in [1.29, 1.82) is 0 Å². The standard InChI is InChI=1S/C40H44O9/c1-24-14-13-17-40(2,3)29(24)15-11-9-7-8-10-12-16-34(41)49-37-27-21-31-30(47-23-48-31)20-26(27)35(36-28(37)22-46-39(36)42)25-18-32(43-4)38(45-6)33(19-25)44-5/h7-12,15-16,18-21,28,35-37H,13-14,17,22-23H2,1-6H3/b9-7+,10-8+,15-11+,16-12+/t28-,35+,36-,37-/m0/s1. The number of esters is 2. The molecular formula is C40H44O9. The molecule has 9 heteroatoms.